The molecular formula is C19H17F5N2O2S. The Kier molecular flexibility index (Phi) is 6.99. The number of thiocarbonyl (C=S) groups is 1. The standard InChI is InChI=1S/C19H17F5N2O2S/c1-9(2)8-10-12(18(27)28-3)14(17(20)21)26-16(19(22,23)24)13(10)15(29)11-6-4-5-7-25-11/h4-7,9,17H,8H2,1-3H3. The van der Waals surface area contributed by atoms with Gasteiger partial charge in [0, 0.05) is 11.8 Å². The van der Waals surface area contributed by atoms with Crippen LogP contribution in [0.25, 0.3) is 0 Å². The molecule has 2 aromatic heterocycles. The van der Waals surface area contributed by atoms with Crippen LogP contribution >= 0.6 is 12.2 Å². The van der Waals surface area contributed by atoms with E-state index in [4.69, 9.17) is 12.2 Å². The molecule has 0 atom stereocenters. The summed E-state index contributed by atoms with van der Waals surface area (Å²) in [5.41, 5.74) is -4.41. The first kappa shape index (κ1) is 22.8. The molecule has 10 heteroatoms. The molecule has 0 bridgehead atoms. The zero-order valence-electron chi connectivity index (χ0n) is 15.7. The van der Waals surface area contributed by atoms with Crippen molar-refractivity contribution in [2.75, 3.05) is 7.11 Å². The van der Waals surface area contributed by atoms with Gasteiger partial charge in [-0.3, -0.25) is 4.98 Å². The van der Waals surface area contributed by atoms with Crippen LogP contribution in [0.1, 0.15) is 58.8 Å². The van der Waals surface area contributed by atoms with E-state index in [9.17, 15) is 26.7 Å². The lowest BCUT2D eigenvalue weighted by molar-refractivity contribution is -0.141. The first-order chi connectivity index (χ1) is 13.5. The molecule has 2 heterocycles. The summed E-state index contributed by atoms with van der Waals surface area (Å²) >= 11 is 5.23. The molecule has 0 unspecified atom stereocenters. The number of alkyl halides is 5. The second-order valence-corrected chi connectivity index (χ2v) is 6.91. The molecule has 0 aromatic carbocycles. The summed E-state index contributed by atoms with van der Waals surface area (Å²) in [6, 6.07) is 4.45. The molecule has 0 fully saturated rings. The van der Waals surface area contributed by atoms with E-state index in [1.165, 1.54) is 18.3 Å². The van der Waals surface area contributed by atoms with Crippen LogP contribution in [0.15, 0.2) is 24.4 Å². The zero-order valence-corrected chi connectivity index (χ0v) is 16.5. The molecule has 0 spiro atoms. The molecule has 0 aliphatic rings. The molecule has 2 rings (SSSR count). The molecule has 4 nitrogen and oxygen atoms in total. The average molecular weight is 432 g/mol. The van der Waals surface area contributed by atoms with Gasteiger partial charge in [-0.2, -0.15) is 13.2 Å². The third-order valence-corrected chi connectivity index (χ3v) is 4.34. The summed E-state index contributed by atoms with van der Waals surface area (Å²) in [4.78, 5) is 19.0. The zero-order chi connectivity index (χ0) is 21.9. The van der Waals surface area contributed by atoms with Crippen LogP contribution in [0.3, 0.4) is 0 Å². The van der Waals surface area contributed by atoms with E-state index in [1.54, 1.807) is 19.9 Å². The summed E-state index contributed by atoms with van der Waals surface area (Å²) in [7, 11) is 0.950. The third kappa shape index (κ3) is 4.92. The van der Waals surface area contributed by atoms with Gasteiger partial charge >= 0.3 is 12.1 Å². The fourth-order valence-electron chi connectivity index (χ4n) is 2.83. The van der Waals surface area contributed by atoms with E-state index < -0.39 is 41.1 Å². The fourth-order valence-corrected chi connectivity index (χ4v) is 3.17. The van der Waals surface area contributed by atoms with Crippen molar-refractivity contribution in [1.29, 1.82) is 0 Å². The summed E-state index contributed by atoms with van der Waals surface area (Å²) in [5.74, 6) is -1.49. The summed E-state index contributed by atoms with van der Waals surface area (Å²) < 4.78 is 73.1. The van der Waals surface area contributed by atoms with Crippen LogP contribution in [0, 0.1) is 5.92 Å². The van der Waals surface area contributed by atoms with Crippen LogP contribution in [0.2, 0.25) is 0 Å². The number of esters is 1. The number of hydrogen-bond donors (Lipinski definition) is 0. The lowest BCUT2D eigenvalue weighted by Gasteiger charge is -2.22. The van der Waals surface area contributed by atoms with E-state index in [0.717, 1.165) is 7.11 Å². The van der Waals surface area contributed by atoms with Gasteiger partial charge in [0.25, 0.3) is 6.43 Å². The highest BCUT2D eigenvalue weighted by Crippen LogP contribution is 2.38. The van der Waals surface area contributed by atoms with Gasteiger partial charge in [0.05, 0.1) is 23.2 Å². The molecule has 29 heavy (non-hydrogen) atoms. The first-order valence-corrected chi connectivity index (χ1v) is 8.86. The summed E-state index contributed by atoms with van der Waals surface area (Å²) in [6.45, 7) is 3.34. The van der Waals surface area contributed by atoms with Gasteiger partial charge in [-0.1, -0.05) is 32.1 Å². The fraction of sp³-hybridized carbons (Fsp3) is 0.368. The minimum Gasteiger partial charge on any atom is -0.465 e. The van der Waals surface area contributed by atoms with Gasteiger partial charge in [0.1, 0.15) is 5.69 Å². The largest absolute Gasteiger partial charge is 0.465 e. The SMILES string of the molecule is COC(=O)c1c(C(F)F)nc(C(F)(F)F)c(C(=S)c2ccccn2)c1CC(C)C. The summed E-state index contributed by atoms with van der Waals surface area (Å²) in [5, 5.41) is 0. The Morgan fingerprint density at radius 3 is 2.31 bits per heavy atom. The van der Waals surface area contributed by atoms with Crippen molar-refractivity contribution >= 4 is 23.1 Å². The van der Waals surface area contributed by atoms with Gasteiger partial charge < -0.3 is 4.74 Å². The Labute approximate surface area is 169 Å². The molecule has 0 aliphatic heterocycles. The van der Waals surface area contributed by atoms with Crippen molar-refractivity contribution in [3.8, 4) is 0 Å². The van der Waals surface area contributed by atoms with Crippen LogP contribution in [0.5, 0.6) is 0 Å². The number of rotatable bonds is 6. The van der Waals surface area contributed by atoms with E-state index in [-0.39, 0.29) is 28.5 Å². The number of halogens is 5. The van der Waals surface area contributed by atoms with Crippen molar-refractivity contribution in [2.45, 2.75) is 32.9 Å². The number of methoxy groups -OCH3 is 1. The summed E-state index contributed by atoms with van der Waals surface area (Å²) in [6.07, 6.45) is -7.30. The second kappa shape index (κ2) is 8.89. The number of carbonyl (C=O) groups is 1. The van der Waals surface area contributed by atoms with Gasteiger partial charge in [0.2, 0.25) is 0 Å². The van der Waals surface area contributed by atoms with Gasteiger partial charge in [-0.15, -0.1) is 0 Å². The van der Waals surface area contributed by atoms with Crippen molar-refractivity contribution < 1.29 is 31.5 Å². The molecule has 2 aromatic rings. The van der Waals surface area contributed by atoms with E-state index in [1.807, 2.05) is 0 Å². The maximum absolute atomic E-state index is 13.8. The predicted molar refractivity (Wildman–Crippen MR) is 99.1 cm³/mol. The Morgan fingerprint density at radius 2 is 1.86 bits per heavy atom. The Bertz CT molecular complexity index is 915. The molecule has 0 amide bonds. The quantitative estimate of drug-likeness (QED) is 0.272. The van der Waals surface area contributed by atoms with Gasteiger partial charge in [0.15, 0.2) is 5.69 Å². The highest BCUT2D eigenvalue weighted by Gasteiger charge is 2.42. The van der Waals surface area contributed by atoms with Crippen molar-refractivity contribution in [1.82, 2.24) is 9.97 Å². The number of carbonyl (C=O) groups excluding carboxylic acids is 1. The number of ether oxygens (including phenoxy) is 1. The predicted octanol–water partition coefficient (Wildman–Crippen LogP) is 5.18. The highest BCUT2D eigenvalue weighted by atomic mass is 32.1. The van der Waals surface area contributed by atoms with E-state index in [2.05, 4.69) is 14.7 Å². The van der Waals surface area contributed by atoms with E-state index >= 15 is 0 Å². The first-order valence-electron chi connectivity index (χ1n) is 8.45. The van der Waals surface area contributed by atoms with Gasteiger partial charge in [-0.05, 0) is 30.0 Å². The lowest BCUT2D eigenvalue weighted by Crippen LogP contribution is -2.25. The topological polar surface area (TPSA) is 52.1 Å². The van der Waals surface area contributed by atoms with Crippen LogP contribution in [-0.2, 0) is 17.3 Å². The van der Waals surface area contributed by atoms with Crippen LogP contribution < -0.4 is 0 Å². The maximum atomic E-state index is 13.8. The van der Waals surface area contributed by atoms with Crippen molar-refractivity contribution in [2.24, 2.45) is 5.92 Å². The third-order valence-electron chi connectivity index (χ3n) is 3.93. The highest BCUT2D eigenvalue weighted by molar-refractivity contribution is 7.81. The average Bonchev–Trinajstić information content (AvgIpc) is 2.65. The molecule has 156 valence electrons. The normalized spacial score (nSPS) is 11.8. The Hall–Kier alpha value is -2.49. The smallest absolute Gasteiger partial charge is 0.434 e. The number of aromatic nitrogens is 2. The molecule has 0 saturated heterocycles. The molecule has 0 aliphatic carbocycles. The lowest BCUT2D eigenvalue weighted by atomic mass is 9.88. The number of pyridine rings is 2. The molecule has 0 radical (unpaired) electrons. The number of hydrogen-bond acceptors (Lipinski definition) is 5. The second-order valence-electron chi connectivity index (χ2n) is 6.51. The van der Waals surface area contributed by atoms with Gasteiger partial charge in [-0.25, -0.2) is 18.6 Å². The van der Waals surface area contributed by atoms with E-state index in [0.29, 0.717) is 0 Å². The van der Waals surface area contributed by atoms with Crippen LogP contribution in [-0.4, -0.2) is 27.9 Å². The molecular weight excluding hydrogens is 415 g/mol. The monoisotopic (exact) mass is 432 g/mol. The number of nitrogens with zero attached hydrogens (tertiary/aromatic N) is 2. The van der Waals surface area contributed by atoms with Crippen LogP contribution in [0.4, 0.5) is 22.0 Å². The minimum absolute atomic E-state index is 0.0282. The molecule has 0 saturated carbocycles. The van der Waals surface area contributed by atoms with Crippen molar-refractivity contribution in [3.05, 3.63) is 58.2 Å². The molecule has 0 N–H and O–H groups in total. The maximum Gasteiger partial charge on any atom is 0.434 e. The minimum atomic E-state index is -5.09. The van der Waals surface area contributed by atoms with Crippen molar-refractivity contribution in [3.63, 3.8) is 0 Å². The Balaban J connectivity index is 3.00. The Morgan fingerprint density at radius 1 is 1.21 bits per heavy atom.